The van der Waals surface area contributed by atoms with E-state index in [4.69, 9.17) is 0 Å². The summed E-state index contributed by atoms with van der Waals surface area (Å²) in [5, 5.41) is 12.4. The van der Waals surface area contributed by atoms with Gasteiger partial charge in [0.05, 0.1) is 14.6 Å². The number of nitrogens with zero attached hydrogens (tertiary/aromatic N) is 1. The largest absolute Gasteiger partial charge is 0.506 e. The van der Waals surface area contributed by atoms with Crippen LogP contribution in [0.4, 0.5) is 11.4 Å². The van der Waals surface area contributed by atoms with Gasteiger partial charge in [0.1, 0.15) is 5.75 Å². The number of benzene rings is 2. The van der Waals surface area contributed by atoms with E-state index >= 15 is 0 Å². The van der Waals surface area contributed by atoms with Gasteiger partial charge in [-0.05, 0) is 68.3 Å². The first-order chi connectivity index (χ1) is 11.9. The Hall–Kier alpha value is -2.19. The highest BCUT2D eigenvalue weighted by Crippen LogP contribution is 2.35. The SMILES string of the molecule is O=C(Nc1cc(Br)c(O)c(Br)c1)c1ccc(N2C(=O)CCC2=O)cc1. The highest BCUT2D eigenvalue weighted by atomic mass is 79.9. The zero-order chi connectivity index (χ0) is 18.1. The number of halogens is 2. The number of anilines is 2. The number of phenolic OH excluding ortho intramolecular Hbond substituents is 1. The maximum atomic E-state index is 12.3. The summed E-state index contributed by atoms with van der Waals surface area (Å²) in [6.07, 6.45) is 0.428. The molecule has 0 aromatic heterocycles. The van der Waals surface area contributed by atoms with Gasteiger partial charge in [0.2, 0.25) is 11.8 Å². The van der Waals surface area contributed by atoms with Crippen LogP contribution in [0.25, 0.3) is 0 Å². The molecule has 0 atom stereocenters. The average molecular weight is 468 g/mol. The van der Waals surface area contributed by atoms with Crippen LogP contribution in [0.15, 0.2) is 45.3 Å². The fourth-order valence-corrected chi connectivity index (χ4v) is 3.65. The Labute approximate surface area is 160 Å². The first-order valence-corrected chi connectivity index (χ1v) is 8.90. The van der Waals surface area contributed by atoms with E-state index in [-0.39, 0.29) is 36.3 Å². The molecule has 1 heterocycles. The zero-order valence-corrected chi connectivity index (χ0v) is 15.9. The summed E-state index contributed by atoms with van der Waals surface area (Å²) in [5.41, 5.74) is 1.33. The van der Waals surface area contributed by atoms with Gasteiger partial charge in [-0.15, -0.1) is 0 Å². The molecule has 1 aliphatic rings. The van der Waals surface area contributed by atoms with Gasteiger partial charge in [-0.25, -0.2) is 0 Å². The fourth-order valence-electron chi connectivity index (χ4n) is 2.47. The molecule has 0 saturated carbocycles. The fraction of sp³-hybridized carbons (Fsp3) is 0.118. The number of rotatable bonds is 3. The van der Waals surface area contributed by atoms with Crippen LogP contribution in [0, 0.1) is 0 Å². The van der Waals surface area contributed by atoms with Crippen molar-refractivity contribution in [2.45, 2.75) is 12.8 Å². The van der Waals surface area contributed by atoms with Crippen molar-refractivity contribution >= 4 is 61.0 Å². The second-order valence-corrected chi connectivity index (χ2v) is 7.12. The first kappa shape index (κ1) is 17.6. The molecule has 1 fully saturated rings. The third kappa shape index (κ3) is 3.59. The molecule has 25 heavy (non-hydrogen) atoms. The topological polar surface area (TPSA) is 86.7 Å². The van der Waals surface area contributed by atoms with Crippen LogP contribution in [0.1, 0.15) is 23.2 Å². The van der Waals surface area contributed by atoms with Crippen LogP contribution >= 0.6 is 31.9 Å². The summed E-state index contributed by atoms with van der Waals surface area (Å²) in [5.74, 6) is -0.778. The van der Waals surface area contributed by atoms with Crippen molar-refractivity contribution in [3.05, 3.63) is 50.9 Å². The summed E-state index contributed by atoms with van der Waals surface area (Å²) in [6.45, 7) is 0. The Balaban J connectivity index is 1.77. The van der Waals surface area contributed by atoms with Crippen LogP contribution in [0.2, 0.25) is 0 Å². The monoisotopic (exact) mass is 466 g/mol. The summed E-state index contributed by atoms with van der Waals surface area (Å²) in [6, 6.07) is 9.39. The van der Waals surface area contributed by atoms with E-state index in [0.717, 1.165) is 4.90 Å². The number of imide groups is 1. The molecule has 3 amide bonds. The van der Waals surface area contributed by atoms with Gasteiger partial charge in [-0.3, -0.25) is 19.3 Å². The number of hydrogen-bond acceptors (Lipinski definition) is 4. The predicted molar refractivity (Wildman–Crippen MR) is 99.6 cm³/mol. The van der Waals surface area contributed by atoms with Crippen molar-refractivity contribution < 1.29 is 19.5 Å². The summed E-state index contributed by atoms with van der Waals surface area (Å²) in [4.78, 5) is 36.9. The molecule has 3 rings (SSSR count). The van der Waals surface area contributed by atoms with Crippen molar-refractivity contribution in [3.8, 4) is 5.75 Å². The van der Waals surface area contributed by atoms with E-state index in [0.29, 0.717) is 25.9 Å². The maximum Gasteiger partial charge on any atom is 0.255 e. The summed E-state index contributed by atoms with van der Waals surface area (Å²) >= 11 is 6.40. The van der Waals surface area contributed by atoms with E-state index in [1.807, 2.05) is 0 Å². The lowest BCUT2D eigenvalue weighted by molar-refractivity contribution is -0.121. The van der Waals surface area contributed by atoms with Crippen molar-refractivity contribution in [2.24, 2.45) is 0 Å². The molecule has 6 nitrogen and oxygen atoms in total. The molecule has 1 aliphatic heterocycles. The minimum absolute atomic E-state index is 0.0438. The number of hydrogen-bond donors (Lipinski definition) is 2. The van der Waals surface area contributed by atoms with Crippen molar-refractivity contribution in [2.75, 3.05) is 10.2 Å². The quantitative estimate of drug-likeness (QED) is 0.530. The molecule has 2 aromatic rings. The predicted octanol–water partition coefficient (Wildman–Crippen LogP) is 3.82. The number of phenols is 1. The average Bonchev–Trinajstić information content (AvgIpc) is 2.91. The van der Waals surface area contributed by atoms with Gasteiger partial charge in [0, 0.05) is 24.1 Å². The Kier molecular flexibility index (Phi) is 4.91. The van der Waals surface area contributed by atoms with Crippen molar-refractivity contribution in [1.82, 2.24) is 0 Å². The normalized spacial score (nSPS) is 14.1. The minimum atomic E-state index is -0.352. The molecule has 0 spiro atoms. The molecule has 0 aliphatic carbocycles. The second-order valence-electron chi connectivity index (χ2n) is 5.41. The van der Waals surface area contributed by atoms with Crippen LogP contribution in [-0.4, -0.2) is 22.8 Å². The van der Waals surface area contributed by atoms with E-state index in [1.54, 1.807) is 36.4 Å². The van der Waals surface area contributed by atoms with Gasteiger partial charge in [-0.2, -0.15) is 0 Å². The van der Waals surface area contributed by atoms with Crippen LogP contribution < -0.4 is 10.2 Å². The lowest BCUT2D eigenvalue weighted by atomic mass is 10.1. The molecule has 2 aromatic carbocycles. The molecule has 2 N–H and O–H groups in total. The highest BCUT2D eigenvalue weighted by molar-refractivity contribution is 9.11. The lowest BCUT2D eigenvalue weighted by Crippen LogP contribution is -2.28. The van der Waals surface area contributed by atoms with Crippen LogP contribution in [-0.2, 0) is 9.59 Å². The van der Waals surface area contributed by atoms with Crippen molar-refractivity contribution in [3.63, 3.8) is 0 Å². The van der Waals surface area contributed by atoms with E-state index < -0.39 is 0 Å². The molecule has 128 valence electrons. The Morgan fingerprint density at radius 1 is 1.00 bits per heavy atom. The molecule has 0 radical (unpaired) electrons. The molecule has 0 unspecified atom stereocenters. The number of nitrogens with one attached hydrogen (secondary N) is 1. The van der Waals surface area contributed by atoms with E-state index in [9.17, 15) is 19.5 Å². The molecular formula is C17H12Br2N2O4. The number of aromatic hydroxyl groups is 1. The van der Waals surface area contributed by atoms with Crippen molar-refractivity contribution in [1.29, 1.82) is 0 Å². The number of carbonyl (C=O) groups is 3. The standard InChI is InChI=1S/C17H12Br2N2O4/c18-12-7-10(8-13(19)16(12)24)20-17(25)9-1-3-11(4-2-9)21-14(22)5-6-15(21)23/h1-4,7-8,24H,5-6H2,(H,20,25). The first-order valence-electron chi connectivity index (χ1n) is 7.32. The third-order valence-electron chi connectivity index (χ3n) is 3.71. The number of carbonyl (C=O) groups excluding carboxylic acids is 3. The Bertz CT molecular complexity index is 842. The van der Waals surface area contributed by atoms with Gasteiger partial charge < -0.3 is 10.4 Å². The van der Waals surface area contributed by atoms with Gasteiger partial charge in [-0.1, -0.05) is 0 Å². The Morgan fingerprint density at radius 2 is 1.52 bits per heavy atom. The van der Waals surface area contributed by atoms with E-state index in [2.05, 4.69) is 37.2 Å². The highest BCUT2D eigenvalue weighted by Gasteiger charge is 2.30. The summed E-state index contributed by atoms with van der Waals surface area (Å²) in [7, 11) is 0. The molecule has 1 saturated heterocycles. The Morgan fingerprint density at radius 3 is 2.04 bits per heavy atom. The van der Waals surface area contributed by atoms with Gasteiger partial charge in [0.25, 0.3) is 5.91 Å². The van der Waals surface area contributed by atoms with Gasteiger partial charge in [0.15, 0.2) is 0 Å². The van der Waals surface area contributed by atoms with E-state index in [1.165, 1.54) is 0 Å². The molecule has 0 bridgehead atoms. The number of amides is 3. The third-order valence-corrected chi connectivity index (χ3v) is 4.92. The van der Waals surface area contributed by atoms with Gasteiger partial charge >= 0.3 is 0 Å². The molecule has 8 heteroatoms. The minimum Gasteiger partial charge on any atom is -0.506 e. The second kappa shape index (κ2) is 6.97. The van der Waals surface area contributed by atoms with Crippen LogP contribution in [0.3, 0.4) is 0 Å². The smallest absolute Gasteiger partial charge is 0.255 e. The zero-order valence-electron chi connectivity index (χ0n) is 12.8. The molecular weight excluding hydrogens is 456 g/mol. The van der Waals surface area contributed by atoms with Crippen LogP contribution in [0.5, 0.6) is 5.75 Å². The maximum absolute atomic E-state index is 12.3. The summed E-state index contributed by atoms with van der Waals surface area (Å²) < 4.78 is 0.886. The lowest BCUT2D eigenvalue weighted by Gasteiger charge is -2.14.